The molecule has 2 aromatic carbocycles. The number of benzene rings is 2. The highest BCUT2D eigenvalue weighted by Gasteiger charge is 2.09. The van der Waals surface area contributed by atoms with E-state index in [-0.39, 0.29) is 5.88 Å². The minimum Gasteiger partial charge on any atom is -0.493 e. The van der Waals surface area contributed by atoms with Crippen molar-refractivity contribution in [3.8, 4) is 5.88 Å². The number of aromatic hydroxyl groups is 1. The first-order valence-electron chi connectivity index (χ1n) is 7.41. The van der Waals surface area contributed by atoms with Crippen LogP contribution >= 0.6 is 24.0 Å². The normalized spacial score (nSPS) is 11.2. The molecule has 0 radical (unpaired) electrons. The summed E-state index contributed by atoms with van der Waals surface area (Å²) in [6.45, 7) is 0.692. The molecule has 3 rings (SSSR count). The van der Waals surface area contributed by atoms with Crippen molar-refractivity contribution in [3.05, 3.63) is 54.6 Å². The predicted molar refractivity (Wildman–Crippen MR) is 102 cm³/mol. The van der Waals surface area contributed by atoms with E-state index in [0.717, 1.165) is 16.7 Å². The Hall–Kier alpha value is -2.38. The highest BCUT2D eigenvalue weighted by atomic mass is 32.2. The summed E-state index contributed by atoms with van der Waals surface area (Å²) in [4.78, 5) is 4.07. The largest absolute Gasteiger partial charge is 0.493 e. The van der Waals surface area contributed by atoms with Crippen LogP contribution in [-0.2, 0) is 0 Å². The Kier molecular flexibility index (Phi) is 5.45. The number of aromatic nitrogens is 1. The summed E-state index contributed by atoms with van der Waals surface area (Å²) >= 11 is 6.89. The number of hydrogen-bond acceptors (Lipinski definition) is 4. The summed E-state index contributed by atoms with van der Waals surface area (Å²) in [6.07, 6.45) is 0. The minimum absolute atomic E-state index is 0.0117. The molecule has 24 heavy (non-hydrogen) atoms. The molecule has 5 nitrogen and oxygen atoms in total. The van der Waals surface area contributed by atoms with Crippen molar-refractivity contribution in [1.29, 1.82) is 0 Å². The van der Waals surface area contributed by atoms with Gasteiger partial charge < -0.3 is 15.4 Å². The van der Waals surface area contributed by atoms with Gasteiger partial charge in [0, 0.05) is 22.6 Å². The summed E-state index contributed by atoms with van der Waals surface area (Å²) in [5, 5.41) is 22.1. The van der Waals surface area contributed by atoms with Crippen molar-refractivity contribution >= 4 is 45.7 Å². The molecule has 122 valence electrons. The van der Waals surface area contributed by atoms with Gasteiger partial charge in [-0.3, -0.25) is 0 Å². The maximum absolute atomic E-state index is 9.91. The lowest BCUT2D eigenvalue weighted by molar-refractivity contribution is 0.459. The molecule has 3 N–H and O–H groups in total. The van der Waals surface area contributed by atoms with Gasteiger partial charge in [-0.15, -0.1) is 22.0 Å². The highest BCUT2D eigenvalue weighted by Crippen LogP contribution is 2.35. The number of para-hydroxylation sites is 1. The molecule has 0 amide bonds. The Morgan fingerprint density at radius 3 is 2.71 bits per heavy atom. The lowest BCUT2D eigenvalue weighted by Gasteiger charge is -2.03. The van der Waals surface area contributed by atoms with E-state index in [0.29, 0.717) is 17.3 Å². The van der Waals surface area contributed by atoms with Gasteiger partial charge in [0.25, 0.3) is 0 Å². The molecule has 0 fully saturated rings. The van der Waals surface area contributed by atoms with Crippen LogP contribution in [0.25, 0.3) is 10.9 Å². The summed E-state index contributed by atoms with van der Waals surface area (Å²) in [5.41, 5.74) is 1.20. The molecule has 0 aliphatic heterocycles. The molecule has 0 aliphatic carbocycles. The zero-order valence-corrected chi connectivity index (χ0v) is 14.4. The van der Waals surface area contributed by atoms with Crippen molar-refractivity contribution in [2.24, 2.45) is 10.2 Å². The van der Waals surface area contributed by atoms with Gasteiger partial charge in [0.1, 0.15) is 0 Å². The summed E-state index contributed by atoms with van der Waals surface area (Å²) in [6, 6.07) is 17.7. The quantitative estimate of drug-likeness (QED) is 0.270. The van der Waals surface area contributed by atoms with E-state index in [1.165, 1.54) is 4.90 Å². The second-order valence-electron chi connectivity index (χ2n) is 4.96. The molecule has 0 bridgehead atoms. The van der Waals surface area contributed by atoms with Gasteiger partial charge >= 0.3 is 0 Å². The number of nitrogens with zero attached hydrogens (tertiary/aromatic N) is 2. The van der Waals surface area contributed by atoms with Crippen molar-refractivity contribution in [2.75, 3.05) is 12.3 Å². The maximum atomic E-state index is 9.91. The fourth-order valence-electron chi connectivity index (χ4n) is 2.19. The lowest BCUT2D eigenvalue weighted by atomic mass is 10.2. The van der Waals surface area contributed by atoms with Crippen molar-refractivity contribution < 1.29 is 5.11 Å². The lowest BCUT2D eigenvalue weighted by Crippen LogP contribution is -2.21. The molecular weight excluding hydrogens is 340 g/mol. The summed E-state index contributed by atoms with van der Waals surface area (Å²) in [7, 11) is 0. The Bertz CT molecular complexity index is 861. The fourth-order valence-corrected chi connectivity index (χ4v) is 3.12. The van der Waals surface area contributed by atoms with Crippen LogP contribution in [0.2, 0.25) is 0 Å². The van der Waals surface area contributed by atoms with Gasteiger partial charge in [0.2, 0.25) is 11.0 Å². The smallest absolute Gasteiger partial charge is 0.218 e. The number of nitrogens with one attached hydrogen (secondary N) is 2. The molecule has 0 atom stereocenters. The van der Waals surface area contributed by atoms with Crippen LogP contribution in [0.4, 0.5) is 5.69 Å². The molecule has 1 heterocycles. The third-order valence-electron chi connectivity index (χ3n) is 3.29. The van der Waals surface area contributed by atoms with E-state index in [1.807, 2.05) is 42.5 Å². The standard InChI is InChI=1S/C17H16N4OS2/c22-16-15(13-8-4-5-9-14(13)19-16)20-21-17(23)18-10-11-24-12-6-2-1-3-7-12/h1-9,19,22H,10-11H2,(H,18,23). The molecule has 0 saturated carbocycles. The number of azo groups is 1. The number of thioether (sulfide) groups is 1. The molecule has 1 aromatic heterocycles. The van der Waals surface area contributed by atoms with Crippen molar-refractivity contribution in [3.63, 3.8) is 0 Å². The third-order valence-corrected chi connectivity index (χ3v) is 4.53. The fraction of sp³-hybridized carbons (Fsp3) is 0.118. The zero-order chi connectivity index (χ0) is 16.8. The van der Waals surface area contributed by atoms with Crippen LogP contribution in [-0.4, -0.2) is 27.5 Å². The topological polar surface area (TPSA) is 72.8 Å². The van der Waals surface area contributed by atoms with E-state index in [1.54, 1.807) is 11.8 Å². The monoisotopic (exact) mass is 356 g/mol. The molecule has 0 aliphatic rings. The predicted octanol–water partition coefficient (Wildman–Crippen LogP) is 4.62. The third kappa shape index (κ3) is 4.12. The first kappa shape index (κ1) is 16.5. The van der Waals surface area contributed by atoms with Crippen LogP contribution in [0, 0.1) is 0 Å². The van der Waals surface area contributed by atoms with E-state index in [9.17, 15) is 5.11 Å². The Morgan fingerprint density at radius 2 is 1.88 bits per heavy atom. The van der Waals surface area contributed by atoms with E-state index in [4.69, 9.17) is 12.2 Å². The zero-order valence-electron chi connectivity index (χ0n) is 12.8. The number of H-pyrrole nitrogens is 1. The van der Waals surface area contributed by atoms with E-state index >= 15 is 0 Å². The number of aromatic amines is 1. The Labute approximate surface area is 149 Å². The molecule has 3 aromatic rings. The van der Waals surface area contributed by atoms with Gasteiger partial charge in [-0.25, -0.2) is 0 Å². The number of fused-ring (bicyclic) bond motifs is 1. The van der Waals surface area contributed by atoms with Crippen LogP contribution in [0.5, 0.6) is 5.88 Å². The van der Waals surface area contributed by atoms with Crippen LogP contribution in [0.1, 0.15) is 0 Å². The van der Waals surface area contributed by atoms with Crippen LogP contribution in [0.3, 0.4) is 0 Å². The van der Waals surface area contributed by atoms with Crippen molar-refractivity contribution in [1.82, 2.24) is 10.3 Å². The van der Waals surface area contributed by atoms with Gasteiger partial charge in [-0.1, -0.05) is 36.4 Å². The van der Waals surface area contributed by atoms with Gasteiger partial charge in [0.05, 0.1) is 5.52 Å². The van der Waals surface area contributed by atoms with Gasteiger partial charge in [0.15, 0.2) is 5.69 Å². The number of thiocarbonyl (C=S) groups is 1. The average molecular weight is 356 g/mol. The van der Waals surface area contributed by atoms with Gasteiger partial charge in [-0.2, -0.15) is 0 Å². The van der Waals surface area contributed by atoms with Crippen LogP contribution < -0.4 is 5.32 Å². The van der Waals surface area contributed by atoms with E-state index < -0.39 is 0 Å². The molecular formula is C17H16N4OS2. The summed E-state index contributed by atoms with van der Waals surface area (Å²) < 4.78 is 0. The molecule has 0 spiro atoms. The van der Waals surface area contributed by atoms with Crippen molar-refractivity contribution in [2.45, 2.75) is 4.90 Å². The molecule has 0 unspecified atom stereocenters. The maximum Gasteiger partial charge on any atom is 0.218 e. The Morgan fingerprint density at radius 1 is 1.12 bits per heavy atom. The first-order chi connectivity index (χ1) is 11.7. The first-order valence-corrected chi connectivity index (χ1v) is 8.80. The van der Waals surface area contributed by atoms with Gasteiger partial charge in [-0.05, 0) is 30.4 Å². The second kappa shape index (κ2) is 7.94. The number of rotatable bonds is 5. The molecule has 7 heteroatoms. The Balaban J connectivity index is 1.52. The molecule has 0 saturated heterocycles. The average Bonchev–Trinajstić information content (AvgIpc) is 2.93. The van der Waals surface area contributed by atoms with Crippen LogP contribution in [0.15, 0.2) is 69.7 Å². The SMILES string of the molecule is Oc1[nH]c2ccccc2c1N=NC(=S)NCCSc1ccccc1. The summed E-state index contributed by atoms with van der Waals surface area (Å²) in [5.74, 6) is 0.861. The van der Waals surface area contributed by atoms with E-state index in [2.05, 4.69) is 32.7 Å². The minimum atomic E-state index is -0.0117. The highest BCUT2D eigenvalue weighted by molar-refractivity contribution is 7.99. The number of hydrogen-bond donors (Lipinski definition) is 3. The second-order valence-corrected chi connectivity index (χ2v) is 6.52.